The van der Waals surface area contributed by atoms with E-state index in [0.29, 0.717) is 34.9 Å². The van der Waals surface area contributed by atoms with Gasteiger partial charge in [-0.2, -0.15) is 0 Å². The molecule has 4 aromatic rings. The largest absolute Gasteiger partial charge is 0.490 e. The summed E-state index contributed by atoms with van der Waals surface area (Å²) in [6, 6.07) is 21.7. The molecule has 0 spiro atoms. The number of nitrogen functional groups attached to an aromatic ring is 1. The summed E-state index contributed by atoms with van der Waals surface area (Å²) < 4.78 is 11.9. The Balaban J connectivity index is 1.17. The molecule has 0 saturated carbocycles. The number of ether oxygens (including phenoxy) is 2. The Morgan fingerprint density at radius 1 is 1.03 bits per heavy atom. The SMILES string of the molecule is CN1CCCC1COc1cc(NCOc2ccc(Nc3ccnc4ccccc34)cc2N)ccc1Cl. The third-order valence-corrected chi connectivity index (χ3v) is 6.79. The van der Waals surface area contributed by atoms with Gasteiger partial charge in [0.2, 0.25) is 0 Å². The number of hydrogen-bond acceptors (Lipinski definition) is 7. The number of nitrogens with two attached hydrogens (primary N) is 1. The van der Waals surface area contributed by atoms with Crippen LogP contribution in [0.5, 0.6) is 11.5 Å². The van der Waals surface area contributed by atoms with Crippen LogP contribution in [-0.2, 0) is 0 Å². The van der Waals surface area contributed by atoms with E-state index in [9.17, 15) is 0 Å². The monoisotopic (exact) mass is 503 g/mol. The fourth-order valence-electron chi connectivity index (χ4n) is 4.41. The molecule has 1 saturated heterocycles. The maximum Gasteiger partial charge on any atom is 0.159 e. The van der Waals surface area contributed by atoms with E-state index in [1.807, 2.05) is 66.7 Å². The lowest BCUT2D eigenvalue weighted by atomic mass is 10.1. The number of likely N-dealkylation sites (N-methyl/N-ethyl adjacent to an activating group) is 1. The normalized spacial score (nSPS) is 15.7. The highest BCUT2D eigenvalue weighted by Gasteiger charge is 2.21. The number of anilines is 4. The Kier molecular flexibility index (Phi) is 7.30. The number of para-hydroxylation sites is 1. The molecule has 7 nitrogen and oxygen atoms in total. The van der Waals surface area contributed by atoms with Crippen LogP contribution >= 0.6 is 11.6 Å². The fourth-order valence-corrected chi connectivity index (χ4v) is 4.59. The number of rotatable bonds is 9. The van der Waals surface area contributed by atoms with Crippen molar-refractivity contribution in [3.8, 4) is 11.5 Å². The second kappa shape index (κ2) is 10.9. The first-order chi connectivity index (χ1) is 17.6. The summed E-state index contributed by atoms with van der Waals surface area (Å²) in [4.78, 5) is 6.73. The lowest BCUT2D eigenvalue weighted by molar-refractivity contribution is 0.198. The van der Waals surface area contributed by atoms with Crippen molar-refractivity contribution in [3.63, 3.8) is 0 Å². The van der Waals surface area contributed by atoms with Crippen molar-refractivity contribution < 1.29 is 9.47 Å². The molecule has 2 heterocycles. The molecule has 1 aromatic heterocycles. The highest BCUT2D eigenvalue weighted by atomic mass is 35.5. The molecule has 1 aliphatic rings. The van der Waals surface area contributed by atoms with Gasteiger partial charge in [-0.1, -0.05) is 29.8 Å². The number of pyridine rings is 1. The quantitative estimate of drug-likeness (QED) is 0.187. The van der Waals surface area contributed by atoms with Crippen LogP contribution in [0, 0.1) is 0 Å². The van der Waals surface area contributed by atoms with Crippen molar-refractivity contribution in [2.24, 2.45) is 0 Å². The van der Waals surface area contributed by atoms with Crippen LogP contribution in [0.3, 0.4) is 0 Å². The maximum atomic E-state index is 6.35. The van der Waals surface area contributed by atoms with Gasteiger partial charge < -0.3 is 30.7 Å². The van der Waals surface area contributed by atoms with Gasteiger partial charge in [0.1, 0.15) is 18.1 Å². The highest BCUT2D eigenvalue weighted by Crippen LogP contribution is 2.31. The van der Waals surface area contributed by atoms with Gasteiger partial charge in [0.05, 0.1) is 16.2 Å². The van der Waals surface area contributed by atoms with Crippen LogP contribution in [0.15, 0.2) is 72.9 Å². The second-order valence-electron chi connectivity index (χ2n) is 8.95. The Morgan fingerprint density at radius 3 is 2.72 bits per heavy atom. The lowest BCUT2D eigenvalue weighted by Crippen LogP contribution is -2.30. The van der Waals surface area contributed by atoms with E-state index in [2.05, 4.69) is 27.6 Å². The molecule has 186 valence electrons. The average molecular weight is 504 g/mol. The summed E-state index contributed by atoms with van der Waals surface area (Å²) in [7, 11) is 2.13. The molecule has 36 heavy (non-hydrogen) atoms. The van der Waals surface area contributed by atoms with E-state index in [0.717, 1.165) is 40.9 Å². The number of aromatic nitrogens is 1. The van der Waals surface area contributed by atoms with Crippen LogP contribution in [0.2, 0.25) is 5.02 Å². The van der Waals surface area contributed by atoms with Crippen molar-refractivity contribution in [2.75, 3.05) is 43.3 Å². The van der Waals surface area contributed by atoms with Crippen molar-refractivity contribution in [1.29, 1.82) is 0 Å². The van der Waals surface area contributed by atoms with Crippen molar-refractivity contribution in [2.45, 2.75) is 18.9 Å². The molecular formula is C28H30ClN5O2. The van der Waals surface area contributed by atoms with Crippen LogP contribution in [-0.4, -0.2) is 42.9 Å². The molecule has 1 fully saturated rings. The summed E-state index contributed by atoms with van der Waals surface area (Å²) >= 11 is 6.35. The minimum atomic E-state index is 0.248. The van der Waals surface area contributed by atoms with Gasteiger partial charge in [-0.3, -0.25) is 4.98 Å². The van der Waals surface area contributed by atoms with Gasteiger partial charge in [0, 0.05) is 40.8 Å². The first kappa shape index (κ1) is 24.0. The molecule has 1 atom stereocenters. The average Bonchev–Trinajstić information content (AvgIpc) is 3.30. The van der Waals surface area contributed by atoms with Crippen LogP contribution < -0.4 is 25.8 Å². The third-order valence-electron chi connectivity index (χ3n) is 6.48. The predicted molar refractivity (Wildman–Crippen MR) is 148 cm³/mol. The Bertz CT molecular complexity index is 1340. The third kappa shape index (κ3) is 5.58. The summed E-state index contributed by atoms with van der Waals surface area (Å²) in [5.74, 6) is 1.27. The van der Waals surface area contributed by atoms with Gasteiger partial charge in [0.15, 0.2) is 6.73 Å². The molecule has 0 bridgehead atoms. The molecule has 1 aliphatic heterocycles. The molecule has 3 aromatic carbocycles. The Labute approximate surface area is 216 Å². The van der Waals surface area contributed by atoms with E-state index < -0.39 is 0 Å². The van der Waals surface area contributed by atoms with E-state index in [4.69, 9.17) is 26.8 Å². The Hall–Kier alpha value is -3.68. The number of likely N-dealkylation sites (tertiary alicyclic amines) is 1. The van der Waals surface area contributed by atoms with Crippen molar-refractivity contribution in [1.82, 2.24) is 9.88 Å². The summed E-state index contributed by atoms with van der Waals surface area (Å²) in [5.41, 5.74) is 10.4. The first-order valence-electron chi connectivity index (χ1n) is 12.1. The molecule has 0 aliphatic carbocycles. The summed E-state index contributed by atoms with van der Waals surface area (Å²) in [5, 5.41) is 8.31. The van der Waals surface area contributed by atoms with Crippen LogP contribution in [0.4, 0.5) is 22.7 Å². The minimum Gasteiger partial charge on any atom is -0.490 e. The maximum absolute atomic E-state index is 6.35. The summed E-state index contributed by atoms with van der Waals surface area (Å²) in [6.07, 6.45) is 4.14. The molecule has 4 N–H and O–H groups in total. The topological polar surface area (TPSA) is 84.7 Å². The zero-order valence-electron chi connectivity index (χ0n) is 20.2. The zero-order chi connectivity index (χ0) is 24.9. The molecule has 0 radical (unpaired) electrons. The molecule has 8 heteroatoms. The number of fused-ring (bicyclic) bond motifs is 1. The highest BCUT2D eigenvalue weighted by molar-refractivity contribution is 6.32. The summed E-state index contributed by atoms with van der Waals surface area (Å²) in [6.45, 7) is 1.99. The minimum absolute atomic E-state index is 0.248. The Morgan fingerprint density at radius 2 is 1.89 bits per heavy atom. The van der Waals surface area contributed by atoms with E-state index in [1.54, 1.807) is 6.20 Å². The molecule has 5 rings (SSSR count). The smallest absolute Gasteiger partial charge is 0.159 e. The van der Waals surface area contributed by atoms with Gasteiger partial charge in [-0.05, 0) is 68.9 Å². The van der Waals surface area contributed by atoms with Gasteiger partial charge in [-0.15, -0.1) is 0 Å². The number of nitrogens with one attached hydrogen (secondary N) is 2. The van der Waals surface area contributed by atoms with Crippen LogP contribution in [0.1, 0.15) is 12.8 Å². The number of hydrogen-bond donors (Lipinski definition) is 3. The number of benzene rings is 3. The van der Waals surface area contributed by atoms with E-state index in [1.165, 1.54) is 6.42 Å². The van der Waals surface area contributed by atoms with Crippen LogP contribution in [0.25, 0.3) is 10.9 Å². The molecule has 1 unspecified atom stereocenters. The lowest BCUT2D eigenvalue weighted by Gasteiger charge is -2.20. The number of nitrogens with zero attached hydrogens (tertiary/aromatic N) is 2. The fraction of sp³-hybridized carbons (Fsp3) is 0.250. The van der Waals surface area contributed by atoms with Gasteiger partial charge >= 0.3 is 0 Å². The van der Waals surface area contributed by atoms with Crippen molar-refractivity contribution in [3.05, 3.63) is 77.9 Å². The molecular weight excluding hydrogens is 474 g/mol. The van der Waals surface area contributed by atoms with Gasteiger partial charge in [0.25, 0.3) is 0 Å². The van der Waals surface area contributed by atoms with Crippen molar-refractivity contribution >= 4 is 45.3 Å². The predicted octanol–water partition coefficient (Wildman–Crippen LogP) is 6.14. The van der Waals surface area contributed by atoms with E-state index >= 15 is 0 Å². The second-order valence-corrected chi connectivity index (χ2v) is 9.36. The van der Waals surface area contributed by atoms with Gasteiger partial charge in [-0.25, -0.2) is 0 Å². The standard InChI is InChI=1S/C28H30ClN5O2/c1-34-14-4-5-21(34)17-35-28-16-19(8-10-23(28)29)32-18-36-27-11-9-20(15-24(27)30)33-26-12-13-31-25-7-3-2-6-22(25)26/h2-3,6-13,15-16,21,32H,4-5,14,17-18,30H2,1H3,(H,31,33). The first-order valence-corrected chi connectivity index (χ1v) is 12.4. The number of halogens is 1. The molecule has 0 amide bonds. The zero-order valence-corrected chi connectivity index (χ0v) is 21.0. The van der Waals surface area contributed by atoms with E-state index in [-0.39, 0.29) is 6.73 Å².